The van der Waals surface area contributed by atoms with E-state index in [4.69, 9.17) is 11.6 Å². The van der Waals surface area contributed by atoms with Gasteiger partial charge in [-0.3, -0.25) is 24.2 Å². The van der Waals surface area contributed by atoms with E-state index in [1.165, 1.54) is 0 Å². The minimum Gasteiger partial charge on any atom is -0.339 e. The van der Waals surface area contributed by atoms with E-state index in [0.717, 1.165) is 53.9 Å². The number of benzene rings is 2. The molecule has 4 heterocycles. The average Bonchev–Trinajstić information content (AvgIpc) is 3.12. The van der Waals surface area contributed by atoms with Crippen LogP contribution in [0.3, 0.4) is 0 Å². The summed E-state index contributed by atoms with van der Waals surface area (Å²) in [5.41, 5.74) is 5.33. The molecule has 3 N–H and O–H groups in total. The molecule has 6 rings (SSSR count). The van der Waals surface area contributed by atoms with Gasteiger partial charge in [-0.05, 0) is 85.2 Å². The number of hydrogen-bond acceptors (Lipinski definition) is 9. The van der Waals surface area contributed by atoms with E-state index < -0.39 is 23.9 Å². The van der Waals surface area contributed by atoms with Crippen LogP contribution < -0.4 is 16.0 Å². The van der Waals surface area contributed by atoms with E-state index in [2.05, 4.69) is 43.0 Å². The van der Waals surface area contributed by atoms with Gasteiger partial charge >= 0.3 is 23.9 Å². The van der Waals surface area contributed by atoms with Gasteiger partial charge < -0.3 is 20.9 Å². The number of anilines is 5. The fourth-order valence-electron chi connectivity index (χ4n) is 5.60. The molecule has 2 aliphatic rings. The zero-order chi connectivity index (χ0) is 38.3. The van der Waals surface area contributed by atoms with Crippen LogP contribution in [0.25, 0.3) is 0 Å². The summed E-state index contributed by atoms with van der Waals surface area (Å²) < 4.78 is 67.0. The molecule has 2 aromatic heterocycles. The van der Waals surface area contributed by atoms with Gasteiger partial charge in [0, 0.05) is 54.5 Å². The second kappa shape index (κ2) is 16.4. The van der Waals surface area contributed by atoms with Crippen LogP contribution in [-0.2, 0) is 27.2 Å². The van der Waals surface area contributed by atoms with Gasteiger partial charge in [0.25, 0.3) is 5.91 Å². The molecule has 0 atom stereocenters. The molecule has 1 fully saturated rings. The maximum Gasteiger partial charge on any atom is 0.458 e. The molecule has 2 aliphatic heterocycles. The Morgan fingerprint density at radius 1 is 0.849 bits per heavy atom. The number of nitrogens with zero attached hydrogens (tertiary/aromatic N) is 4. The zero-order valence-corrected chi connectivity index (χ0v) is 28.3. The van der Waals surface area contributed by atoms with Gasteiger partial charge in [0.1, 0.15) is 5.02 Å². The monoisotopic (exact) mass is 761 g/mol. The highest BCUT2D eigenvalue weighted by Gasteiger charge is 2.54. The van der Waals surface area contributed by atoms with Crippen LogP contribution in [0, 0.1) is 5.92 Å². The summed E-state index contributed by atoms with van der Waals surface area (Å²) in [6, 6.07) is 17.5. The number of likely N-dealkylation sites (tertiary alicyclic amines) is 1. The third-order valence-electron chi connectivity index (χ3n) is 8.28. The van der Waals surface area contributed by atoms with Crippen molar-refractivity contribution in [3.8, 4) is 0 Å². The molecule has 2 amide bonds. The van der Waals surface area contributed by atoms with E-state index in [1.807, 2.05) is 35.2 Å². The van der Waals surface area contributed by atoms with Gasteiger partial charge in [-0.25, -0.2) is 4.98 Å². The number of alkyl halides is 6. The van der Waals surface area contributed by atoms with Crippen LogP contribution >= 0.6 is 11.6 Å². The second-order valence-electron chi connectivity index (χ2n) is 12.1. The Morgan fingerprint density at radius 2 is 1.51 bits per heavy atom. The standard InChI is InChI=1S/C31H30ClN7O2.C4F6O2/c32-26-19-34-31-36-24-3-1-2-20(16-24)4-5-23-18-25(35-29(26)38-31)6-7-27(23)37-28(40)17-21-10-14-39(15-11-21)30(41)22-8-12-33-13-9-22;5-3(6,7)1(11)2(12)4(8,9)10/h1-3,6-9,12-13,16,18-19,21H,4-5,10-11,14-15,17H2,(H,37,40)(H2,34,35,36,38);. The average molecular weight is 762 g/mol. The molecular weight excluding hydrogens is 732 g/mol. The third kappa shape index (κ3) is 10.5. The van der Waals surface area contributed by atoms with Crippen LogP contribution in [0.15, 0.2) is 73.2 Å². The van der Waals surface area contributed by atoms with Crippen LogP contribution in [0.4, 0.5) is 55.2 Å². The van der Waals surface area contributed by atoms with Crippen molar-refractivity contribution in [3.63, 3.8) is 0 Å². The van der Waals surface area contributed by atoms with E-state index in [0.29, 0.717) is 41.9 Å². The lowest BCUT2D eigenvalue weighted by molar-refractivity contribution is -0.193. The molecule has 0 spiro atoms. The van der Waals surface area contributed by atoms with E-state index in [-0.39, 0.29) is 17.7 Å². The second-order valence-corrected chi connectivity index (χ2v) is 12.5. The topological polar surface area (TPSA) is 146 Å². The van der Waals surface area contributed by atoms with Crippen molar-refractivity contribution >= 4 is 63.8 Å². The van der Waals surface area contributed by atoms with E-state index in [1.54, 1.807) is 30.7 Å². The summed E-state index contributed by atoms with van der Waals surface area (Å²) in [6.07, 6.45) is -3.16. The highest BCUT2D eigenvalue weighted by Crippen LogP contribution is 2.30. The fourth-order valence-corrected chi connectivity index (χ4v) is 5.74. The van der Waals surface area contributed by atoms with Crippen LogP contribution in [-0.4, -0.2) is 68.7 Å². The van der Waals surface area contributed by atoms with Gasteiger partial charge in [0.05, 0.1) is 6.20 Å². The summed E-state index contributed by atoms with van der Waals surface area (Å²) in [5, 5.41) is 10.1. The maximum atomic E-state index is 13.2. The van der Waals surface area contributed by atoms with Crippen LogP contribution in [0.1, 0.15) is 40.7 Å². The number of nitrogens with one attached hydrogen (secondary N) is 3. The number of pyridine rings is 1. The highest BCUT2D eigenvalue weighted by molar-refractivity contribution is 6.41. The van der Waals surface area contributed by atoms with Crippen molar-refractivity contribution in [2.45, 2.75) is 44.5 Å². The minimum absolute atomic E-state index is 0.0153. The van der Waals surface area contributed by atoms with Gasteiger partial charge in [-0.2, -0.15) is 31.3 Å². The number of hydrogen-bond donors (Lipinski definition) is 3. The SMILES string of the molecule is O=C(C(=O)C(F)(F)F)C(F)(F)F.O=C(CC1CCN(C(=O)c2ccncc2)CC1)Nc1ccc2cc1CCc1cccc(c1)Nc1ncc(Cl)c(n1)N2. The molecule has 278 valence electrons. The number of aryl methyl sites for hydroxylation is 2. The molecule has 0 saturated carbocycles. The van der Waals surface area contributed by atoms with Crippen molar-refractivity contribution in [1.29, 1.82) is 0 Å². The Balaban J connectivity index is 0.000000390. The number of ketones is 2. The van der Waals surface area contributed by atoms with Gasteiger partial charge in [0.2, 0.25) is 11.9 Å². The molecule has 0 aliphatic carbocycles. The Labute approximate surface area is 303 Å². The number of piperidine rings is 1. The predicted octanol–water partition coefficient (Wildman–Crippen LogP) is 7.24. The first-order valence-electron chi connectivity index (χ1n) is 16.1. The Kier molecular flexibility index (Phi) is 12.0. The normalized spacial score (nSPS) is 14.4. The lowest BCUT2D eigenvalue weighted by atomic mass is 9.92. The number of carbonyl (C=O) groups is 4. The van der Waals surface area contributed by atoms with Gasteiger partial charge in [0.15, 0.2) is 5.82 Å². The largest absolute Gasteiger partial charge is 0.458 e. The minimum atomic E-state index is -5.77. The fraction of sp³-hybridized carbons (Fsp3) is 0.286. The molecular formula is C35H30ClF6N7O4. The van der Waals surface area contributed by atoms with Crippen molar-refractivity contribution in [2.75, 3.05) is 29.0 Å². The van der Waals surface area contributed by atoms with Crippen molar-refractivity contribution < 1.29 is 45.5 Å². The van der Waals surface area contributed by atoms with Gasteiger partial charge in [-0.1, -0.05) is 23.7 Å². The van der Waals surface area contributed by atoms with E-state index >= 15 is 0 Å². The number of Topliss-reactive ketones (excluding diaryl/α,β-unsaturated/α-hetero) is 2. The Morgan fingerprint density at radius 3 is 2.17 bits per heavy atom. The summed E-state index contributed by atoms with van der Waals surface area (Å²) in [5.74, 6) is -5.64. The molecule has 6 bridgehead atoms. The lowest BCUT2D eigenvalue weighted by Crippen LogP contribution is -2.39. The number of rotatable bonds is 5. The third-order valence-corrected chi connectivity index (χ3v) is 8.55. The number of carbonyl (C=O) groups excluding carboxylic acids is 4. The molecule has 1 saturated heterocycles. The zero-order valence-electron chi connectivity index (χ0n) is 27.5. The number of halogens is 7. The maximum absolute atomic E-state index is 13.2. The van der Waals surface area contributed by atoms with Crippen molar-refractivity contribution in [1.82, 2.24) is 19.9 Å². The predicted molar refractivity (Wildman–Crippen MR) is 182 cm³/mol. The Bertz CT molecular complexity index is 1960. The number of fused-ring (bicyclic) bond motifs is 6. The van der Waals surface area contributed by atoms with Crippen LogP contribution in [0.5, 0.6) is 0 Å². The van der Waals surface area contributed by atoms with Crippen LogP contribution in [0.2, 0.25) is 5.02 Å². The van der Waals surface area contributed by atoms with Crippen molar-refractivity contribution in [2.24, 2.45) is 5.92 Å². The summed E-state index contributed by atoms with van der Waals surface area (Å²) in [7, 11) is 0. The highest BCUT2D eigenvalue weighted by atomic mass is 35.5. The molecule has 4 aromatic rings. The smallest absolute Gasteiger partial charge is 0.339 e. The number of aromatic nitrogens is 3. The molecule has 53 heavy (non-hydrogen) atoms. The molecule has 11 nitrogen and oxygen atoms in total. The molecule has 18 heteroatoms. The summed E-state index contributed by atoms with van der Waals surface area (Å²) >= 11 is 6.39. The van der Waals surface area contributed by atoms with Gasteiger partial charge in [-0.15, -0.1) is 0 Å². The lowest BCUT2D eigenvalue weighted by Gasteiger charge is -2.31. The number of amides is 2. The first kappa shape index (κ1) is 38.6. The quantitative estimate of drug-likeness (QED) is 0.142. The first-order chi connectivity index (χ1) is 25.1. The first-order valence-corrected chi connectivity index (χ1v) is 16.4. The molecule has 0 unspecified atom stereocenters. The molecule has 2 aromatic carbocycles. The summed E-state index contributed by atoms with van der Waals surface area (Å²) in [6.45, 7) is 1.29. The summed E-state index contributed by atoms with van der Waals surface area (Å²) in [4.78, 5) is 59.8. The molecule has 0 radical (unpaired) electrons. The Hall–Kier alpha value is -5.58. The van der Waals surface area contributed by atoms with Crippen molar-refractivity contribution in [3.05, 3.63) is 94.9 Å². The van der Waals surface area contributed by atoms with E-state index in [9.17, 15) is 45.5 Å².